The number of ether oxygens (including phenoxy) is 1. The van der Waals surface area contributed by atoms with E-state index in [2.05, 4.69) is 5.32 Å². The van der Waals surface area contributed by atoms with Gasteiger partial charge in [0, 0.05) is 6.04 Å². The standard InChI is InChI=1S/C10H17NO2/c1-2-13-10(12)9-6-7-4-3-5-8(7)11-9/h7-9,11H,2-6H2,1H3/t7-,8-,9-/m0/s1. The predicted octanol–water partition coefficient (Wildman–Crippen LogP) is 1.08. The number of carbonyl (C=O) groups excluding carboxylic acids is 1. The topological polar surface area (TPSA) is 38.3 Å². The Morgan fingerprint density at radius 3 is 3.08 bits per heavy atom. The highest BCUT2D eigenvalue weighted by Gasteiger charge is 2.40. The van der Waals surface area contributed by atoms with Crippen molar-refractivity contribution in [3.8, 4) is 0 Å². The minimum Gasteiger partial charge on any atom is -0.465 e. The van der Waals surface area contributed by atoms with Crippen LogP contribution in [0.25, 0.3) is 0 Å². The summed E-state index contributed by atoms with van der Waals surface area (Å²) in [6.45, 7) is 2.35. The zero-order valence-corrected chi connectivity index (χ0v) is 8.08. The molecule has 1 aliphatic heterocycles. The lowest BCUT2D eigenvalue weighted by molar-refractivity contribution is -0.145. The van der Waals surface area contributed by atoms with Crippen molar-refractivity contribution >= 4 is 5.97 Å². The van der Waals surface area contributed by atoms with Gasteiger partial charge in [0.1, 0.15) is 6.04 Å². The first kappa shape index (κ1) is 9.00. The number of hydrogen-bond acceptors (Lipinski definition) is 3. The molecule has 0 aromatic heterocycles. The molecule has 0 spiro atoms. The van der Waals surface area contributed by atoms with Crippen LogP contribution < -0.4 is 5.32 Å². The maximum Gasteiger partial charge on any atom is 0.323 e. The Labute approximate surface area is 78.8 Å². The Hall–Kier alpha value is -0.570. The van der Waals surface area contributed by atoms with Gasteiger partial charge >= 0.3 is 5.97 Å². The van der Waals surface area contributed by atoms with Crippen molar-refractivity contribution < 1.29 is 9.53 Å². The van der Waals surface area contributed by atoms with E-state index in [1.54, 1.807) is 0 Å². The van der Waals surface area contributed by atoms with E-state index in [1.807, 2.05) is 6.92 Å². The van der Waals surface area contributed by atoms with Gasteiger partial charge in [-0.3, -0.25) is 4.79 Å². The van der Waals surface area contributed by atoms with Crippen LogP contribution in [0.3, 0.4) is 0 Å². The largest absolute Gasteiger partial charge is 0.465 e. The number of rotatable bonds is 2. The van der Waals surface area contributed by atoms with E-state index in [4.69, 9.17) is 4.74 Å². The molecule has 0 aromatic carbocycles. The molecule has 74 valence electrons. The normalized spacial score (nSPS) is 37.5. The Morgan fingerprint density at radius 1 is 1.54 bits per heavy atom. The first-order valence-electron chi connectivity index (χ1n) is 5.24. The van der Waals surface area contributed by atoms with E-state index in [0.29, 0.717) is 12.6 Å². The molecular formula is C10H17NO2. The third-order valence-corrected chi connectivity index (χ3v) is 3.18. The van der Waals surface area contributed by atoms with E-state index in [9.17, 15) is 4.79 Å². The lowest BCUT2D eigenvalue weighted by Crippen LogP contribution is -2.36. The number of nitrogens with one attached hydrogen (secondary N) is 1. The summed E-state index contributed by atoms with van der Waals surface area (Å²) in [6, 6.07) is 0.574. The molecule has 0 radical (unpaired) electrons. The lowest BCUT2D eigenvalue weighted by Gasteiger charge is -2.11. The molecule has 0 amide bonds. The average molecular weight is 183 g/mol. The zero-order valence-electron chi connectivity index (χ0n) is 8.08. The molecule has 1 aliphatic carbocycles. The SMILES string of the molecule is CCOC(=O)[C@@H]1C[C@@H]2CCC[C@@H]2N1. The molecule has 1 N–H and O–H groups in total. The van der Waals surface area contributed by atoms with Crippen LogP contribution in [0.5, 0.6) is 0 Å². The van der Waals surface area contributed by atoms with Crippen molar-refractivity contribution in [3.63, 3.8) is 0 Å². The van der Waals surface area contributed by atoms with E-state index in [0.717, 1.165) is 12.3 Å². The Balaban J connectivity index is 1.87. The zero-order chi connectivity index (χ0) is 9.26. The van der Waals surface area contributed by atoms with Gasteiger partial charge in [-0.1, -0.05) is 6.42 Å². The summed E-state index contributed by atoms with van der Waals surface area (Å²) in [6.07, 6.45) is 4.83. The van der Waals surface area contributed by atoms with Gasteiger partial charge in [0.05, 0.1) is 6.61 Å². The smallest absolute Gasteiger partial charge is 0.323 e. The molecule has 2 fully saturated rings. The molecule has 3 nitrogen and oxygen atoms in total. The van der Waals surface area contributed by atoms with Crippen LogP contribution in [0.2, 0.25) is 0 Å². The quantitative estimate of drug-likeness (QED) is 0.651. The van der Waals surface area contributed by atoms with E-state index in [-0.39, 0.29) is 12.0 Å². The minimum absolute atomic E-state index is 0.0183. The molecule has 13 heavy (non-hydrogen) atoms. The number of carbonyl (C=O) groups is 1. The fourth-order valence-electron chi connectivity index (χ4n) is 2.57. The average Bonchev–Trinajstić information content (AvgIpc) is 2.61. The molecule has 2 rings (SSSR count). The third-order valence-electron chi connectivity index (χ3n) is 3.18. The summed E-state index contributed by atoms with van der Waals surface area (Å²) in [7, 11) is 0. The first-order chi connectivity index (χ1) is 6.31. The van der Waals surface area contributed by atoms with Crippen LogP contribution in [0.1, 0.15) is 32.6 Å². The summed E-state index contributed by atoms with van der Waals surface area (Å²) in [4.78, 5) is 11.4. The van der Waals surface area contributed by atoms with E-state index >= 15 is 0 Å². The fraction of sp³-hybridized carbons (Fsp3) is 0.900. The monoisotopic (exact) mass is 183 g/mol. The molecule has 0 bridgehead atoms. The molecule has 0 aromatic rings. The molecule has 0 unspecified atom stereocenters. The van der Waals surface area contributed by atoms with Gasteiger partial charge in [-0.2, -0.15) is 0 Å². The highest BCUT2D eigenvalue weighted by Crippen LogP contribution is 2.34. The molecule has 3 heteroatoms. The van der Waals surface area contributed by atoms with E-state index < -0.39 is 0 Å². The van der Waals surface area contributed by atoms with Crippen molar-refractivity contribution in [2.45, 2.75) is 44.7 Å². The van der Waals surface area contributed by atoms with Gasteiger partial charge in [0.25, 0.3) is 0 Å². The molecule has 2 aliphatic rings. The number of esters is 1. The molecule has 1 saturated heterocycles. The van der Waals surface area contributed by atoms with Gasteiger partial charge in [-0.05, 0) is 32.1 Å². The molecule has 1 saturated carbocycles. The number of fused-ring (bicyclic) bond motifs is 1. The summed E-state index contributed by atoms with van der Waals surface area (Å²) >= 11 is 0. The molecule has 1 heterocycles. The van der Waals surface area contributed by atoms with Crippen LogP contribution in [0.4, 0.5) is 0 Å². The number of hydrogen-bond donors (Lipinski definition) is 1. The van der Waals surface area contributed by atoms with Crippen molar-refractivity contribution in [1.29, 1.82) is 0 Å². The summed E-state index contributed by atoms with van der Waals surface area (Å²) in [5, 5.41) is 3.36. The Morgan fingerprint density at radius 2 is 2.38 bits per heavy atom. The van der Waals surface area contributed by atoms with E-state index in [1.165, 1.54) is 19.3 Å². The van der Waals surface area contributed by atoms with Gasteiger partial charge in [-0.25, -0.2) is 0 Å². The Bertz CT molecular complexity index is 193. The highest BCUT2D eigenvalue weighted by molar-refractivity contribution is 5.76. The maximum atomic E-state index is 11.4. The predicted molar refractivity (Wildman–Crippen MR) is 49.3 cm³/mol. The molecule has 3 atom stereocenters. The van der Waals surface area contributed by atoms with Crippen molar-refractivity contribution in [2.75, 3.05) is 6.61 Å². The van der Waals surface area contributed by atoms with Crippen molar-refractivity contribution in [2.24, 2.45) is 5.92 Å². The molecular weight excluding hydrogens is 166 g/mol. The Kier molecular flexibility index (Phi) is 2.54. The summed E-state index contributed by atoms with van der Waals surface area (Å²) < 4.78 is 4.99. The van der Waals surface area contributed by atoms with Crippen LogP contribution >= 0.6 is 0 Å². The van der Waals surface area contributed by atoms with Crippen molar-refractivity contribution in [3.05, 3.63) is 0 Å². The third kappa shape index (κ3) is 1.70. The maximum absolute atomic E-state index is 11.4. The van der Waals surface area contributed by atoms with Crippen molar-refractivity contribution in [1.82, 2.24) is 5.32 Å². The summed E-state index contributed by atoms with van der Waals surface area (Å²) in [5.41, 5.74) is 0. The second kappa shape index (κ2) is 3.66. The summed E-state index contributed by atoms with van der Waals surface area (Å²) in [5.74, 6) is 0.673. The van der Waals surface area contributed by atoms with Crippen LogP contribution in [-0.4, -0.2) is 24.7 Å². The lowest BCUT2D eigenvalue weighted by atomic mass is 10.0. The van der Waals surface area contributed by atoms with Crippen LogP contribution in [0, 0.1) is 5.92 Å². The van der Waals surface area contributed by atoms with Gasteiger partial charge in [0.2, 0.25) is 0 Å². The second-order valence-corrected chi connectivity index (χ2v) is 4.00. The first-order valence-corrected chi connectivity index (χ1v) is 5.24. The van der Waals surface area contributed by atoms with Gasteiger partial charge in [0.15, 0.2) is 0 Å². The van der Waals surface area contributed by atoms with Crippen LogP contribution in [-0.2, 0) is 9.53 Å². The van der Waals surface area contributed by atoms with Crippen LogP contribution in [0.15, 0.2) is 0 Å². The van der Waals surface area contributed by atoms with Gasteiger partial charge in [-0.15, -0.1) is 0 Å². The second-order valence-electron chi connectivity index (χ2n) is 4.00. The minimum atomic E-state index is -0.0584. The fourth-order valence-corrected chi connectivity index (χ4v) is 2.57. The van der Waals surface area contributed by atoms with Gasteiger partial charge < -0.3 is 10.1 Å². The highest BCUT2D eigenvalue weighted by atomic mass is 16.5.